The van der Waals surface area contributed by atoms with Crippen molar-refractivity contribution in [1.82, 2.24) is 20.4 Å². The highest BCUT2D eigenvalue weighted by atomic mass is 32.2. The molecule has 1 atom stereocenters. The number of hydrogen-bond acceptors (Lipinski definition) is 9. The second-order valence-electron chi connectivity index (χ2n) is 3.37. The molecule has 1 unspecified atom stereocenters. The van der Waals surface area contributed by atoms with E-state index in [0.29, 0.717) is 10.4 Å². The first kappa shape index (κ1) is 13.9. The van der Waals surface area contributed by atoms with Crippen LogP contribution in [-0.4, -0.2) is 44.0 Å². The molecule has 0 aliphatic rings. The van der Waals surface area contributed by atoms with E-state index in [1.54, 1.807) is 12.5 Å². The standard InChI is InChI=1S/C9H10N4O4S2/c1-18-8-12-10-5(16-8)3-4(7(14)15)6-11-13-9(17-6)19-2/h4H,3H2,1-2H3,(H,14,15). The van der Waals surface area contributed by atoms with Crippen LogP contribution < -0.4 is 0 Å². The zero-order valence-corrected chi connectivity index (χ0v) is 11.7. The van der Waals surface area contributed by atoms with Crippen LogP contribution in [-0.2, 0) is 11.2 Å². The van der Waals surface area contributed by atoms with Crippen molar-refractivity contribution in [2.24, 2.45) is 0 Å². The van der Waals surface area contributed by atoms with Gasteiger partial charge in [0.25, 0.3) is 10.4 Å². The zero-order chi connectivity index (χ0) is 13.8. The van der Waals surface area contributed by atoms with Gasteiger partial charge in [0.1, 0.15) is 5.92 Å². The highest BCUT2D eigenvalue weighted by Gasteiger charge is 2.28. The highest BCUT2D eigenvalue weighted by Crippen LogP contribution is 2.23. The van der Waals surface area contributed by atoms with Gasteiger partial charge in [0.2, 0.25) is 11.8 Å². The molecule has 102 valence electrons. The number of aliphatic carboxylic acids is 1. The summed E-state index contributed by atoms with van der Waals surface area (Å²) in [6.07, 6.45) is 3.56. The Morgan fingerprint density at radius 3 is 2.32 bits per heavy atom. The van der Waals surface area contributed by atoms with Gasteiger partial charge in [-0.2, -0.15) is 0 Å². The van der Waals surface area contributed by atoms with Gasteiger partial charge in [-0.15, -0.1) is 20.4 Å². The van der Waals surface area contributed by atoms with Gasteiger partial charge in [-0.3, -0.25) is 4.79 Å². The van der Waals surface area contributed by atoms with Gasteiger partial charge < -0.3 is 13.9 Å². The average Bonchev–Trinajstić information content (AvgIpc) is 3.04. The van der Waals surface area contributed by atoms with Gasteiger partial charge in [0.15, 0.2) is 0 Å². The first-order valence-corrected chi connectivity index (χ1v) is 7.55. The van der Waals surface area contributed by atoms with Crippen molar-refractivity contribution in [2.45, 2.75) is 22.8 Å². The van der Waals surface area contributed by atoms with Crippen LogP contribution in [0.4, 0.5) is 0 Å². The monoisotopic (exact) mass is 302 g/mol. The number of carboxylic acids is 1. The highest BCUT2D eigenvalue weighted by molar-refractivity contribution is 7.98. The Hall–Kier alpha value is -1.55. The molecule has 2 aromatic rings. The van der Waals surface area contributed by atoms with Crippen molar-refractivity contribution in [3.05, 3.63) is 11.8 Å². The van der Waals surface area contributed by atoms with Gasteiger partial charge >= 0.3 is 5.97 Å². The minimum atomic E-state index is -1.08. The number of hydrogen-bond donors (Lipinski definition) is 1. The number of rotatable bonds is 6. The van der Waals surface area contributed by atoms with E-state index in [4.69, 9.17) is 8.83 Å². The molecule has 10 heteroatoms. The molecular formula is C9H10N4O4S2. The minimum Gasteiger partial charge on any atom is -0.481 e. The summed E-state index contributed by atoms with van der Waals surface area (Å²) in [6.45, 7) is 0. The normalized spacial score (nSPS) is 12.5. The summed E-state index contributed by atoms with van der Waals surface area (Å²) in [5, 5.41) is 24.8. The molecule has 0 amide bonds. The van der Waals surface area contributed by atoms with Crippen molar-refractivity contribution in [2.75, 3.05) is 12.5 Å². The number of thioether (sulfide) groups is 2. The van der Waals surface area contributed by atoms with Crippen LogP contribution >= 0.6 is 23.5 Å². The molecular weight excluding hydrogens is 292 g/mol. The third-order valence-corrected chi connectivity index (χ3v) is 3.22. The molecule has 19 heavy (non-hydrogen) atoms. The summed E-state index contributed by atoms with van der Waals surface area (Å²) in [7, 11) is 0. The lowest BCUT2D eigenvalue weighted by atomic mass is 10.1. The van der Waals surface area contributed by atoms with Crippen molar-refractivity contribution in [3.8, 4) is 0 Å². The largest absolute Gasteiger partial charge is 0.481 e. The van der Waals surface area contributed by atoms with Gasteiger partial charge in [0, 0.05) is 6.42 Å². The molecule has 0 aliphatic heterocycles. The Balaban J connectivity index is 2.18. The molecule has 0 bridgehead atoms. The Bertz CT molecular complexity index is 570. The zero-order valence-electron chi connectivity index (χ0n) is 10.1. The SMILES string of the molecule is CSc1nnc(CC(C(=O)O)c2nnc(SC)o2)o1. The molecule has 0 fully saturated rings. The molecule has 0 radical (unpaired) electrons. The molecule has 2 rings (SSSR count). The van der Waals surface area contributed by atoms with E-state index in [9.17, 15) is 9.90 Å². The summed E-state index contributed by atoms with van der Waals surface area (Å²) in [5.74, 6) is -1.83. The Morgan fingerprint density at radius 1 is 1.16 bits per heavy atom. The molecule has 0 spiro atoms. The number of aromatic nitrogens is 4. The van der Waals surface area contributed by atoms with Crippen LogP contribution in [0.25, 0.3) is 0 Å². The average molecular weight is 302 g/mol. The van der Waals surface area contributed by atoms with E-state index in [1.165, 1.54) is 23.5 Å². The van der Waals surface area contributed by atoms with E-state index in [1.807, 2.05) is 0 Å². The molecule has 2 heterocycles. The number of carbonyl (C=O) groups is 1. The fraction of sp³-hybridized carbons (Fsp3) is 0.444. The topological polar surface area (TPSA) is 115 Å². The summed E-state index contributed by atoms with van der Waals surface area (Å²) in [6, 6.07) is 0. The van der Waals surface area contributed by atoms with E-state index < -0.39 is 11.9 Å². The predicted molar refractivity (Wildman–Crippen MR) is 66.2 cm³/mol. The first-order valence-electron chi connectivity index (χ1n) is 5.10. The second-order valence-corrected chi connectivity index (χ2v) is 4.89. The quantitative estimate of drug-likeness (QED) is 0.783. The van der Waals surface area contributed by atoms with Gasteiger partial charge in [-0.1, -0.05) is 23.5 Å². The van der Waals surface area contributed by atoms with Gasteiger partial charge in [0.05, 0.1) is 0 Å². The maximum absolute atomic E-state index is 11.2. The van der Waals surface area contributed by atoms with Crippen molar-refractivity contribution in [1.29, 1.82) is 0 Å². The molecule has 0 aromatic carbocycles. The Morgan fingerprint density at radius 2 is 1.79 bits per heavy atom. The predicted octanol–water partition coefficient (Wildman–Crippen LogP) is 1.31. The maximum atomic E-state index is 11.2. The molecule has 0 aliphatic carbocycles. The van der Waals surface area contributed by atoms with Crippen LogP contribution in [0.3, 0.4) is 0 Å². The summed E-state index contributed by atoms with van der Waals surface area (Å²) < 4.78 is 10.5. The summed E-state index contributed by atoms with van der Waals surface area (Å²) >= 11 is 2.53. The van der Waals surface area contributed by atoms with E-state index in [0.717, 1.165) is 0 Å². The Kier molecular flexibility index (Phi) is 4.43. The van der Waals surface area contributed by atoms with E-state index >= 15 is 0 Å². The Labute approximate surface area is 116 Å². The lowest BCUT2D eigenvalue weighted by Gasteiger charge is -2.03. The molecule has 8 nitrogen and oxygen atoms in total. The molecule has 1 N–H and O–H groups in total. The molecule has 2 aromatic heterocycles. The fourth-order valence-electron chi connectivity index (χ4n) is 1.30. The van der Waals surface area contributed by atoms with Crippen molar-refractivity contribution >= 4 is 29.5 Å². The van der Waals surface area contributed by atoms with Crippen LogP contribution in [0.5, 0.6) is 0 Å². The van der Waals surface area contributed by atoms with Gasteiger partial charge in [-0.05, 0) is 12.5 Å². The third-order valence-electron chi connectivity index (χ3n) is 2.19. The second kappa shape index (κ2) is 6.06. The van der Waals surface area contributed by atoms with Crippen LogP contribution in [0.2, 0.25) is 0 Å². The van der Waals surface area contributed by atoms with Crippen LogP contribution in [0.15, 0.2) is 19.3 Å². The number of nitrogens with zero attached hydrogens (tertiary/aromatic N) is 4. The molecule has 0 saturated carbocycles. The van der Waals surface area contributed by atoms with E-state index in [2.05, 4.69) is 20.4 Å². The lowest BCUT2D eigenvalue weighted by molar-refractivity contribution is -0.139. The summed E-state index contributed by atoms with van der Waals surface area (Å²) in [4.78, 5) is 11.2. The third kappa shape index (κ3) is 3.26. The van der Waals surface area contributed by atoms with Crippen LogP contribution in [0.1, 0.15) is 17.7 Å². The number of carboxylic acid groups (broad SMARTS) is 1. The molecule has 0 saturated heterocycles. The minimum absolute atomic E-state index is 0.0128. The van der Waals surface area contributed by atoms with Crippen molar-refractivity contribution in [3.63, 3.8) is 0 Å². The van der Waals surface area contributed by atoms with Crippen molar-refractivity contribution < 1.29 is 18.7 Å². The van der Waals surface area contributed by atoms with E-state index in [-0.39, 0.29) is 18.2 Å². The van der Waals surface area contributed by atoms with Crippen LogP contribution in [0, 0.1) is 0 Å². The first-order chi connectivity index (χ1) is 9.13. The smallest absolute Gasteiger partial charge is 0.316 e. The maximum Gasteiger partial charge on any atom is 0.316 e. The fourth-order valence-corrected chi connectivity index (χ4v) is 1.89. The van der Waals surface area contributed by atoms with Gasteiger partial charge in [-0.25, -0.2) is 0 Å². The summed E-state index contributed by atoms with van der Waals surface area (Å²) in [5.41, 5.74) is 0. The lowest BCUT2D eigenvalue weighted by Crippen LogP contribution is -2.15.